The molecule has 0 amide bonds. The number of hydrogen-bond acceptors (Lipinski definition) is 2. The summed E-state index contributed by atoms with van der Waals surface area (Å²) in [6.45, 7) is 0.322. The maximum Gasteiger partial charge on any atom is 0.181 e. The standard InChI is InChI=1S/C22H23F2N3S/c23-17-10-16-11-18(8-9-20(16)21(24)12-17)26-13-19(27(14-25)22(26)28)7-6-15-4-2-1-3-5-15/h1-5,10,12-13,18H,6-9,11,14,25H2/t18-/m0/s1. The van der Waals surface area contributed by atoms with E-state index in [9.17, 15) is 8.78 Å². The van der Waals surface area contributed by atoms with Gasteiger partial charge in [0.2, 0.25) is 0 Å². The van der Waals surface area contributed by atoms with Gasteiger partial charge in [0.1, 0.15) is 11.6 Å². The molecule has 146 valence electrons. The van der Waals surface area contributed by atoms with Crippen LogP contribution in [0.1, 0.15) is 34.8 Å². The number of benzene rings is 2. The molecular weight excluding hydrogens is 376 g/mol. The van der Waals surface area contributed by atoms with Crippen molar-refractivity contribution >= 4 is 12.2 Å². The monoisotopic (exact) mass is 399 g/mol. The molecule has 0 fully saturated rings. The largest absolute Gasteiger partial charge is 0.320 e. The Bertz CT molecular complexity index is 1040. The van der Waals surface area contributed by atoms with Gasteiger partial charge in [-0.15, -0.1) is 0 Å². The molecule has 3 nitrogen and oxygen atoms in total. The molecule has 0 saturated carbocycles. The Hall–Kier alpha value is -2.31. The average Bonchev–Trinajstić information content (AvgIpc) is 3.02. The number of halogens is 2. The lowest BCUT2D eigenvalue weighted by atomic mass is 9.87. The first-order valence-electron chi connectivity index (χ1n) is 9.58. The quantitative estimate of drug-likeness (QED) is 0.630. The third-order valence-corrected chi connectivity index (χ3v) is 6.04. The highest BCUT2D eigenvalue weighted by Crippen LogP contribution is 2.32. The molecular formula is C22H23F2N3S. The van der Waals surface area contributed by atoms with Gasteiger partial charge in [-0.2, -0.15) is 0 Å². The summed E-state index contributed by atoms with van der Waals surface area (Å²) < 4.78 is 32.4. The Balaban J connectivity index is 1.60. The second-order valence-corrected chi connectivity index (χ2v) is 7.69. The Kier molecular flexibility index (Phi) is 5.42. The lowest BCUT2D eigenvalue weighted by molar-refractivity contribution is 0.421. The molecule has 0 radical (unpaired) electrons. The minimum absolute atomic E-state index is 0.0875. The molecule has 0 spiro atoms. The lowest BCUT2D eigenvalue weighted by Crippen LogP contribution is -2.20. The molecule has 1 aliphatic rings. The average molecular weight is 400 g/mol. The Morgan fingerprint density at radius 2 is 1.89 bits per heavy atom. The van der Waals surface area contributed by atoms with E-state index in [4.69, 9.17) is 18.0 Å². The summed E-state index contributed by atoms with van der Waals surface area (Å²) in [5.74, 6) is -0.969. The Labute approximate surface area is 168 Å². The van der Waals surface area contributed by atoms with Crippen LogP contribution in [0.15, 0.2) is 48.7 Å². The van der Waals surface area contributed by atoms with E-state index in [1.807, 2.05) is 22.8 Å². The van der Waals surface area contributed by atoms with Crippen LogP contribution in [0.3, 0.4) is 0 Å². The molecule has 0 bridgehead atoms. The number of nitrogens with two attached hydrogens (primary N) is 1. The maximum atomic E-state index is 14.0. The summed E-state index contributed by atoms with van der Waals surface area (Å²) in [6.07, 6.45) is 5.75. The molecule has 1 aromatic heterocycles. The first-order chi connectivity index (χ1) is 13.6. The fourth-order valence-electron chi connectivity index (χ4n) is 4.14. The van der Waals surface area contributed by atoms with Crippen LogP contribution in [-0.4, -0.2) is 9.13 Å². The second-order valence-electron chi connectivity index (χ2n) is 7.33. The molecule has 3 aromatic rings. The van der Waals surface area contributed by atoms with Gasteiger partial charge >= 0.3 is 0 Å². The van der Waals surface area contributed by atoms with Crippen LogP contribution < -0.4 is 5.73 Å². The van der Waals surface area contributed by atoms with Crippen molar-refractivity contribution in [2.45, 2.75) is 44.8 Å². The number of aromatic nitrogens is 2. The van der Waals surface area contributed by atoms with Gasteiger partial charge < -0.3 is 14.9 Å². The number of nitrogens with zero attached hydrogens (tertiary/aromatic N) is 2. The van der Waals surface area contributed by atoms with E-state index in [-0.39, 0.29) is 6.04 Å². The predicted molar refractivity (Wildman–Crippen MR) is 109 cm³/mol. The topological polar surface area (TPSA) is 35.9 Å². The molecule has 0 saturated heterocycles. The second kappa shape index (κ2) is 7.97. The van der Waals surface area contributed by atoms with E-state index >= 15 is 0 Å². The van der Waals surface area contributed by atoms with Crippen molar-refractivity contribution in [1.82, 2.24) is 9.13 Å². The highest BCUT2D eigenvalue weighted by atomic mass is 32.1. The van der Waals surface area contributed by atoms with E-state index in [2.05, 4.69) is 22.9 Å². The summed E-state index contributed by atoms with van der Waals surface area (Å²) >= 11 is 5.67. The van der Waals surface area contributed by atoms with E-state index in [0.29, 0.717) is 29.8 Å². The fraction of sp³-hybridized carbons (Fsp3) is 0.318. The highest BCUT2D eigenvalue weighted by molar-refractivity contribution is 7.71. The summed E-state index contributed by atoms with van der Waals surface area (Å²) in [5.41, 5.74) is 9.69. The number of rotatable bonds is 5. The zero-order valence-corrected chi connectivity index (χ0v) is 16.4. The molecule has 0 aliphatic heterocycles. The number of imidazole rings is 1. The van der Waals surface area contributed by atoms with Crippen LogP contribution in [0, 0.1) is 16.4 Å². The summed E-state index contributed by atoms with van der Waals surface area (Å²) in [6, 6.07) is 12.8. The van der Waals surface area contributed by atoms with Gasteiger partial charge in [-0.05, 0) is 67.1 Å². The normalized spacial score (nSPS) is 16.2. The SMILES string of the molecule is NCn1c(CCc2ccccc2)cn([C@H]2CCc3c(F)cc(F)cc3C2)c1=S. The molecule has 2 N–H and O–H groups in total. The molecule has 1 atom stereocenters. The number of aryl methyl sites for hydroxylation is 2. The smallest absolute Gasteiger partial charge is 0.181 e. The zero-order valence-electron chi connectivity index (χ0n) is 15.6. The van der Waals surface area contributed by atoms with Gasteiger partial charge in [0.25, 0.3) is 0 Å². The van der Waals surface area contributed by atoms with E-state index in [1.165, 1.54) is 11.6 Å². The zero-order chi connectivity index (χ0) is 19.7. The van der Waals surface area contributed by atoms with Crippen molar-refractivity contribution in [1.29, 1.82) is 0 Å². The van der Waals surface area contributed by atoms with E-state index in [1.54, 1.807) is 0 Å². The lowest BCUT2D eigenvalue weighted by Gasteiger charge is -2.26. The van der Waals surface area contributed by atoms with Crippen molar-refractivity contribution in [3.8, 4) is 0 Å². The molecule has 1 aliphatic carbocycles. The van der Waals surface area contributed by atoms with E-state index < -0.39 is 11.6 Å². The number of fused-ring (bicyclic) bond motifs is 1. The van der Waals surface area contributed by atoms with Gasteiger partial charge in [-0.1, -0.05) is 30.3 Å². The van der Waals surface area contributed by atoms with Crippen LogP contribution >= 0.6 is 12.2 Å². The van der Waals surface area contributed by atoms with Crippen LogP contribution in [0.4, 0.5) is 8.78 Å². The van der Waals surface area contributed by atoms with Crippen LogP contribution in [-0.2, 0) is 32.4 Å². The highest BCUT2D eigenvalue weighted by Gasteiger charge is 2.25. The Morgan fingerprint density at radius 3 is 2.64 bits per heavy atom. The van der Waals surface area contributed by atoms with Crippen molar-refractivity contribution in [2.24, 2.45) is 5.73 Å². The first kappa shape index (κ1) is 19.0. The van der Waals surface area contributed by atoms with Gasteiger partial charge in [0.15, 0.2) is 4.77 Å². The minimum atomic E-state index is -0.524. The molecule has 4 rings (SSSR count). The van der Waals surface area contributed by atoms with Gasteiger partial charge in [-0.3, -0.25) is 0 Å². The summed E-state index contributed by atoms with van der Waals surface area (Å²) in [5, 5.41) is 0. The van der Waals surface area contributed by atoms with Crippen molar-refractivity contribution in [2.75, 3.05) is 0 Å². The van der Waals surface area contributed by atoms with Gasteiger partial charge in [0, 0.05) is 24.0 Å². The van der Waals surface area contributed by atoms with Crippen LogP contribution in [0.25, 0.3) is 0 Å². The molecule has 0 unspecified atom stereocenters. The van der Waals surface area contributed by atoms with E-state index in [0.717, 1.165) is 36.6 Å². The van der Waals surface area contributed by atoms with Gasteiger partial charge in [-0.25, -0.2) is 8.78 Å². The van der Waals surface area contributed by atoms with Crippen LogP contribution in [0.5, 0.6) is 0 Å². The van der Waals surface area contributed by atoms with Crippen molar-refractivity contribution in [3.63, 3.8) is 0 Å². The summed E-state index contributed by atoms with van der Waals surface area (Å²) in [4.78, 5) is 0. The van der Waals surface area contributed by atoms with Crippen molar-refractivity contribution < 1.29 is 8.78 Å². The van der Waals surface area contributed by atoms with Crippen LogP contribution in [0.2, 0.25) is 0 Å². The maximum absolute atomic E-state index is 14.0. The minimum Gasteiger partial charge on any atom is -0.320 e. The number of hydrogen-bond donors (Lipinski definition) is 1. The molecule has 28 heavy (non-hydrogen) atoms. The van der Waals surface area contributed by atoms with Gasteiger partial charge in [0.05, 0.1) is 6.67 Å². The van der Waals surface area contributed by atoms with Crippen molar-refractivity contribution in [3.05, 3.63) is 87.5 Å². The first-order valence-corrected chi connectivity index (χ1v) is 9.99. The molecule has 2 aromatic carbocycles. The molecule has 6 heteroatoms. The predicted octanol–water partition coefficient (Wildman–Crippen LogP) is 4.73. The fourth-order valence-corrected chi connectivity index (χ4v) is 4.54. The molecule has 1 heterocycles. The third-order valence-electron chi connectivity index (χ3n) is 5.61. The Morgan fingerprint density at radius 1 is 1.11 bits per heavy atom. The summed E-state index contributed by atoms with van der Waals surface area (Å²) in [7, 11) is 0. The third kappa shape index (κ3) is 3.66.